The Morgan fingerprint density at radius 2 is 1.95 bits per heavy atom. The van der Waals surface area contributed by atoms with E-state index >= 15 is 0 Å². The second-order valence-electron chi connectivity index (χ2n) is 5.12. The number of carbonyl (C=O) groups excluding carboxylic acids is 1. The number of amides is 1. The summed E-state index contributed by atoms with van der Waals surface area (Å²) in [4.78, 5) is 15.4. The highest BCUT2D eigenvalue weighted by Crippen LogP contribution is 2.15. The highest BCUT2D eigenvalue weighted by Gasteiger charge is 2.11. The number of likely N-dealkylation sites (N-methyl/N-ethyl adjacent to an activating group) is 2. The van der Waals surface area contributed by atoms with Crippen molar-refractivity contribution in [2.24, 2.45) is 0 Å². The van der Waals surface area contributed by atoms with Gasteiger partial charge in [0.15, 0.2) is 0 Å². The molecule has 0 aliphatic heterocycles. The summed E-state index contributed by atoms with van der Waals surface area (Å²) >= 11 is 5.80. The molecule has 0 atom stereocenters. The highest BCUT2D eigenvalue weighted by atomic mass is 35.5. The lowest BCUT2D eigenvalue weighted by atomic mass is 10.3. The van der Waals surface area contributed by atoms with E-state index in [4.69, 9.17) is 21.6 Å². The molecule has 0 spiro atoms. The van der Waals surface area contributed by atoms with Crippen LogP contribution in [-0.4, -0.2) is 56.0 Å². The maximum absolute atomic E-state index is 11.9. The molecule has 1 aromatic carbocycles. The van der Waals surface area contributed by atoms with Crippen molar-refractivity contribution in [2.45, 2.75) is 12.8 Å². The SMILES string of the molecule is CN(CCCOc1ccc(Cl)cc1)CC(=O)N(C)CCC#N. The Kier molecular flexibility index (Phi) is 8.34. The van der Waals surface area contributed by atoms with Crippen molar-refractivity contribution in [3.05, 3.63) is 29.3 Å². The van der Waals surface area contributed by atoms with Crippen LogP contribution >= 0.6 is 11.6 Å². The van der Waals surface area contributed by atoms with E-state index < -0.39 is 0 Å². The van der Waals surface area contributed by atoms with Gasteiger partial charge in [-0.05, 0) is 37.7 Å². The number of carbonyl (C=O) groups is 1. The van der Waals surface area contributed by atoms with Gasteiger partial charge in [-0.2, -0.15) is 5.26 Å². The van der Waals surface area contributed by atoms with Crippen LogP contribution in [0.25, 0.3) is 0 Å². The van der Waals surface area contributed by atoms with Crippen LogP contribution in [0.15, 0.2) is 24.3 Å². The Morgan fingerprint density at radius 1 is 1.27 bits per heavy atom. The lowest BCUT2D eigenvalue weighted by molar-refractivity contribution is -0.130. The van der Waals surface area contributed by atoms with Crippen molar-refractivity contribution in [3.8, 4) is 11.8 Å². The predicted octanol–water partition coefficient (Wildman–Crippen LogP) is 2.41. The smallest absolute Gasteiger partial charge is 0.236 e. The average Bonchev–Trinajstić information content (AvgIpc) is 2.50. The van der Waals surface area contributed by atoms with E-state index in [1.165, 1.54) is 0 Å². The molecule has 0 saturated heterocycles. The Hall–Kier alpha value is -1.77. The lowest BCUT2D eigenvalue weighted by Gasteiger charge is -2.21. The normalized spacial score (nSPS) is 10.3. The van der Waals surface area contributed by atoms with Crippen molar-refractivity contribution >= 4 is 17.5 Å². The first-order chi connectivity index (χ1) is 10.5. The van der Waals surface area contributed by atoms with Crippen molar-refractivity contribution in [3.63, 3.8) is 0 Å². The molecule has 1 amide bonds. The van der Waals surface area contributed by atoms with E-state index in [0.29, 0.717) is 31.1 Å². The van der Waals surface area contributed by atoms with Crippen molar-refractivity contribution in [2.75, 3.05) is 40.3 Å². The molecule has 5 nitrogen and oxygen atoms in total. The zero-order valence-corrected chi connectivity index (χ0v) is 13.8. The van der Waals surface area contributed by atoms with Crippen LogP contribution in [0.3, 0.4) is 0 Å². The topological polar surface area (TPSA) is 56.6 Å². The van der Waals surface area contributed by atoms with Gasteiger partial charge in [-0.25, -0.2) is 0 Å². The van der Waals surface area contributed by atoms with E-state index in [-0.39, 0.29) is 5.91 Å². The van der Waals surface area contributed by atoms with Gasteiger partial charge in [-0.15, -0.1) is 0 Å². The molecule has 0 heterocycles. The first-order valence-corrected chi connectivity index (χ1v) is 7.58. The predicted molar refractivity (Wildman–Crippen MR) is 86.9 cm³/mol. The fourth-order valence-electron chi connectivity index (χ4n) is 1.83. The number of hydrogen-bond acceptors (Lipinski definition) is 4. The van der Waals surface area contributed by atoms with Gasteiger partial charge in [0.2, 0.25) is 5.91 Å². The molecule has 0 aromatic heterocycles. The molecule has 0 fully saturated rings. The highest BCUT2D eigenvalue weighted by molar-refractivity contribution is 6.30. The van der Waals surface area contributed by atoms with Gasteiger partial charge in [-0.3, -0.25) is 9.69 Å². The molecule has 0 N–H and O–H groups in total. The van der Waals surface area contributed by atoms with Gasteiger partial charge in [0.25, 0.3) is 0 Å². The maximum Gasteiger partial charge on any atom is 0.236 e. The molecule has 0 radical (unpaired) electrons. The standard InChI is InChI=1S/C16H22ClN3O2/c1-19(13-16(21)20(2)11-3-9-18)10-4-12-22-15-7-5-14(17)6-8-15/h5-8H,3-4,10-13H2,1-2H3. The van der Waals surface area contributed by atoms with Gasteiger partial charge < -0.3 is 9.64 Å². The molecule has 6 heteroatoms. The van der Waals surface area contributed by atoms with Gasteiger partial charge in [0.05, 0.1) is 25.6 Å². The van der Waals surface area contributed by atoms with E-state index in [1.54, 1.807) is 24.1 Å². The van der Waals surface area contributed by atoms with Gasteiger partial charge >= 0.3 is 0 Å². The second kappa shape index (κ2) is 10.0. The van der Waals surface area contributed by atoms with Gasteiger partial charge in [0, 0.05) is 25.2 Å². The maximum atomic E-state index is 11.9. The lowest BCUT2D eigenvalue weighted by Crippen LogP contribution is -2.37. The summed E-state index contributed by atoms with van der Waals surface area (Å²) in [6, 6.07) is 9.28. The third kappa shape index (κ3) is 7.30. The van der Waals surface area contributed by atoms with Crippen LogP contribution in [0.1, 0.15) is 12.8 Å². The minimum atomic E-state index is 0.0244. The number of nitrogens with zero attached hydrogens (tertiary/aromatic N) is 3. The number of hydrogen-bond donors (Lipinski definition) is 0. The quantitative estimate of drug-likeness (QED) is 0.655. The van der Waals surface area contributed by atoms with Crippen molar-refractivity contribution in [1.82, 2.24) is 9.80 Å². The van der Waals surface area contributed by atoms with E-state index in [2.05, 4.69) is 0 Å². The zero-order chi connectivity index (χ0) is 16.4. The van der Waals surface area contributed by atoms with Crippen LogP contribution in [0.2, 0.25) is 5.02 Å². The fraction of sp³-hybridized carbons (Fsp3) is 0.500. The van der Waals surface area contributed by atoms with E-state index in [1.807, 2.05) is 30.1 Å². The monoisotopic (exact) mass is 323 g/mol. The van der Waals surface area contributed by atoms with Crippen LogP contribution < -0.4 is 4.74 Å². The third-order valence-corrected chi connectivity index (χ3v) is 3.41. The molecule has 1 rings (SSSR count). The fourth-order valence-corrected chi connectivity index (χ4v) is 1.95. The Labute approximate surface area is 137 Å². The minimum Gasteiger partial charge on any atom is -0.494 e. The molecule has 120 valence electrons. The summed E-state index contributed by atoms with van der Waals surface area (Å²) in [5, 5.41) is 9.20. The van der Waals surface area contributed by atoms with E-state index in [9.17, 15) is 4.79 Å². The number of benzene rings is 1. The van der Waals surface area contributed by atoms with E-state index in [0.717, 1.165) is 18.7 Å². The summed E-state index contributed by atoms with van der Waals surface area (Å²) in [5.41, 5.74) is 0. The summed E-state index contributed by atoms with van der Waals surface area (Å²) < 4.78 is 5.60. The van der Waals surface area contributed by atoms with Crippen LogP contribution in [-0.2, 0) is 4.79 Å². The molecule has 22 heavy (non-hydrogen) atoms. The molecule has 0 aliphatic rings. The molecule has 0 aliphatic carbocycles. The molecular weight excluding hydrogens is 302 g/mol. The largest absolute Gasteiger partial charge is 0.494 e. The molecule has 0 unspecified atom stereocenters. The number of rotatable bonds is 9. The first-order valence-electron chi connectivity index (χ1n) is 7.20. The molecule has 0 bridgehead atoms. The Bertz CT molecular complexity index is 499. The Balaban J connectivity index is 2.17. The number of halogens is 1. The molecular formula is C16H22ClN3O2. The summed E-state index contributed by atoms with van der Waals surface area (Å²) in [6.07, 6.45) is 1.19. The third-order valence-electron chi connectivity index (χ3n) is 3.16. The number of nitriles is 1. The summed E-state index contributed by atoms with van der Waals surface area (Å²) in [7, 11) is 3.62. The second-order valence-corrected chi connectivity index (χ2v) is 5.55. The Morgan fingerprint density at radius 3 is 2.59 bits per heavy atom. The van der Waals surface area contributed by atoms with Crippen LogP contribution in [0.4, 0.5) is 0 Å². The van der Waals surface area contributed by atoms with Gasteiger partial charge in [0.1, 0.15) is 5.75 Å². The number of ether oxygens (including phenoxy) is 1. The summed E-state index contributed by atoms with van der Waals surface area (Å²) in [5.74, 6) is 0.815. The minimum absolute atomic E-state index is 0.0244. The van der Waals surface area contributed by atoms with Crippen molar-refractivity contribution < 1.29 is 9.53 Å². The molecule has 1 aromatic rings. The average molecular weight is 324 g/mol. The first kappa shape index (κ1) is 18.3. The molecule has 0 saturated carbocycles. The van der Waals surface area contributed by atoms with Crippen molar-refractivity contribution in [1.29, 1.82) is 5.26 Å². The van der Waals surface area contributed by atoms with Crippen LogP contribution in [0, 0.1) is 11.3 Å². The van der Waals surface area contributed by atoms with Crippen LogP contribution in [0.5, 0.6) is 5.75 Å². The summed E-state index contributed by atoms with van der Waals surface area (Å²) in [6.45, 7) is 2.18. The zero-order valence-electron chi connectivity index (χ0n) is 13.1. The van der Waals surface area contributed by atoms with Gasteiger partial charge in [-0.1, -0.05) is 11.6 Å².